The van der Waals surface area contributed by atoms with E-state index in [1.165, 1.54) is 57.8 Å². The average molecular weight is 580 g/mol. The molecule has 2 atom stereocenters. The third-order valence-electron chi connectivity index (χ3n) is 6.38. The Labute approximate surface area is 238 Å². The first kappa shape index (κ1) is 38.0. The van der Waals surface area contributed by atoms with Gasteiger partial charge in [0.15, 0.2) is 6.10 Å². The summed E-state index contributed by atoms with van der Waals surface area (Å²) in [5, 5.41) is 0. The maximum absolute atomic E-state index is 12.4. The lowest BCUT2D eigenvalue weighted by atomic mass is 10.0. The Hall–Kier alpha value is -0.990. The highest BCUT2D eigenvalue weighted by molar-refractivity contribution is 7.45. The number of hydrogen-bond acceptors (Lipinski definition) is 8. The van der Waals surface area contributed by atoms with Crippen molar-refractivity contribution in [2.45, 2.75) is 129 Å². The summed E-state index contributed by atoms with van der Waals surface area (Å²) < 4.78 is 33.2. The molecule has 0 aliphatic heterocycles. The number of hydrogen-bond donors (Lipinski definition) is 0. The molecule has 9 nitrogen and oxygen atoms in total. The number of rotatable bonds is 27. The van der Waals surface area contributed by atoms with Crippen molar-refractivity contribution in [1.29, 1.82) is 0 Å². The van der Waals surface area contributed by atoms with Crippen molar-refractivity contribution in [2.75, 3.05) is 47.5 Å². The quantitative estimate of drug-likeness (QED) is 0.0481. The molecule has 0 saturated heterocycles. The second kappa shape index (κ2) is 23.7. The Morgan fingerprint density at radius 3 is 1.69 bits per heavy atom. The van der Waals surface area contributed by atoms with Crippen LogP contribution in [-0.4, -0.2) is 70.0 Å². The van der Waals surface area contributed by atoms with Gasteiger partial charge < -0.3 is 27.9 Å². The molecule has 2 unspecified atom stereocenters. The van der Waals surface area contributed by atoms with E-state index in [-0.39, 0.29) is 26.1 Å². The molecule has 0 bridgehead atoms. The van der Waals surface area contributed by atoms with Crippen LogP contribution in [0.15, 0.2) is 0 Å². The largest absolute Gasteiger partial charge is 0.756 e. The van der Waals surface area contributed by atoms with Crippen molar-refractivity contribution in [2.24, 2.45) is 0 Å². The van der Waals surface area contributed by atoms with Gasteiger partial charge in [-0.2, -0.15) is 0 Å². The summed E-state index contributed by atoms with van der Waals surface area (Å²) in [6, 6.07) is 0. The van der Waals surface area contributed by atoms with Crippen LogP contribution in [0.2, 0.25) is 0 Å². The van der Waals surface area contributed by atoms with Gasteiger partial charge in [-0.25, -0.2) is 0 Å². The average Bonchev–Trinajstić information content (AvgIpc) is 2.85. The molecular formula is C29H58NO8P. The van der Waals surface area contributed by atoms with Crippen molar-refractivity contribution >= 4 is 19.8 Å². The van der Waals surface area contributed by atoms with Gasteiger partial charge in [0.25, 0.3) is 7.82 Å². The Morgan fingerprint density at radius 2 is 1.15 bits per heavy atom. The fourth-order valence-corrected chi connectivity index (χ4v) is 4.62. The first-order valence-electron chi connectivity index (χ1n) is 15.2. The molecule has 0 fully saturated rings. The van der Waals surface area contributed by atoms with Crippen molar-refractivity contribution in [3.8, 4) is 0 Å². The smallest absolute Gasteiger partial charge is 0.306 e. The van der Waals surface area contributed by atoms with Crippen molar-refractivity contribution in [1.82, 2.24) is 0 Å². The predicted molar refractivity (Wildman–Crippen MR) is 153 cm³/mol. The van der Waals surface area contributed by atoms with Gasteiger partial charge in [0.2, 0.25) is 0 Å². The summed E-state index contributed by atoms with van der Waals surface area (Å²) in [5.41, 5.74) is 0. The van der Waals surface area contributed by atoms with Gasteiger partial charge in [-0.3, -0.25) is 14.2 Å². The van der Waals surface area contributed by atoms with Crippen LogP contribution >= 0.6 is 7.82 Å². The summed E-state index contributed by atoms with van der Waals surface area (Å²) in [6.07, 6.45) is 16.4. The second-order valence-corrected chi connectivity index (χ2v) is 12.9. The van der Waals surface area contributed by atoms with E-state index < -0.39 is 32.5 Å². The SMILES string of the molecule is CCCCCCCCCCCCCCC(=O)OC(COC(=O)CCCCC)COP(=O)([O-])OCC[N+](C)(C)C. The Kier molecular flexibility index (Phi) is 23.1. The summed E-state index contributed by atoms with van der Waals surface area (Å²) in [5.74, 6) is -0.862. The molecule has 232 valence electrons. The van der Waals surface area contributed by atoms with Gasteiger partial charge >= 0.3 is 11.9 Å². The first-order valence-corrected chi connectivity index (χ1v) is 16.7. The zero-order chi connectivity index (χ0) is 29.4. The van der Waals surface area contributed by atoms with Gasteiger partial charge in [-0.15, -0.1) is 0 Å². The number of carbonyl (C=O) groups is 2. The number of likely N-dealkylation sites (N-methyl/N-ethyl adjacent to an activating group) is 1. The zero-order valence-corrected chi connectivity index (χ0v) is 26.5. The topological polar surface area (TPSA) is 111 Å². The number of quaternary nitrogens is 1. The van der Waals surface area contributed by atoms with E-state index in [1.807, 2.05) is 28.1 Å². The molecule has 10 heteroatoms. The normalized spacial score (nSPS) is 14.1. The highest BCUT2D eigenvalue weighted by Crippen LogP contribution is 2.38. The molecule has 0 saturated carbocycles. The van der Waals surface area contributed by atoms with E-state index in [9.17, 15) is 19.0 Å². The lowest BCUT2D eigenvalue weighted by Crippen LogP contribution is -2.37. The number of esters is 2. The highest BCUT2D eigenvalue weighted by Gasteiger charge is 2.21. The molecule has 0 amide bonds. The van der Waals surface area contributed by atoms with Gasteiger partial charge in [-0.05, 0) is 12.8 Å². The Bertz CT molecular complexity index is 668. The lowest BCUT2D eigenvalue weighted by Gasteiger charge is -2.28. The predicted octanol–water partition coefficient (Wildman–Crippen LogP) is 6.32. The molecule has 0 aromatic carbocycles. The molecule has 0 aliphatic carbocycles. The maximum atomic E-state index is 12.4. The van der Waals surface area contributed by atoms with Gasteiger partial charge in [0.1, 0.15) is 19.8 Å². The van der Waals surface area contributed by atoms with E-state index in [0.29, 0.717) is 23.9 Å². The fourth-order valence-electron chi connectivity index (χ4n) is 3.89. The van der Waals surface area contributed by atoms with Gasteiger partial charge in [0.05, 0.1) is 27.7 Å². The van der Waals surface area contributed by atoms with Crippen LogP contribution in [0.5, 0.6) is 0 Å². The molecule has 0 aromatic rings. The molecule has 0 spiro atoms. The number of carbonyl (C=O) groups excluding carboxylic acids is 2. The number of nitrogens with zero attached hydrogens (tertiary/aromatic N) is 1. The van der Waals surface area contributed by atoms with Crippen LogP contribution in [0.3, 0.4) is 0 Å². The van der Waals surface area contributed by atoms with Crippen molar-refractivity contribution < 1.29 is 42.1 Å². The van der Waals surface area contributed by atoms with E-state index in [2.05, 4.69) is 6.92 Å². The molecule has 0 rings (SSSR count). The first-order chi connectivity index (χ1) is 18.5. The van der Waals surface area contributed by atoms with Crippen LogP contribution in [0, 0.1) is 0 Å². The lowest BCUT2D eigenvalue weighted by molar-refractivity contribution is -0.870. The van der Waals surface area contributed by atoms with Gasteiger partial charge in [0, 0.05) is 12.8 Å². The molecular weight excluding hydrogens is 521 g/mol. The van der Waals surface area contributed by atoms with Crippen LogP contribution in [0.4, 0.5) is 0 Å². The van der Waals surface area contributed by atoms with E-state index in [0.717, 1.165) is 25.7 Å². The zero-order valence-electron chi connectivity index (χ0n) is 25.6. The third kappa shape index (κ3) is 27.0. The Balaban J connectivity index is 4.39. The summed E-state index contributed by atoms with van der Waals surface area (Å²) in [6.45, 7) is 4.00. The van der Waals surface area contributed by atoms with Crippen LogP contribution in [0.25, 0.3) is 0 Å². The number of unbranched alkanes of at least 4 members (excludes halogenated alkanes) is 13. The molecule has 39 heavy (non-hydrogen) atoms. The van der Waals surface area contributed by atoms with Crippen LogP contribution in [0.1, 0.15) is 123 Å². The summed E-state index contributed by atoms with van der Waals surface area (Å²) in [4.78, 5) is 36.5. The summed E-state index contributed by atoms with van der Waals surface area (Å²) in [7, 11) is 1.17. The maximum Gasteiger partial charge on any atom is 0.306 e. The Morgan fingerprint density at radius 1 is 0.692 bits per heavy atom. The number of phosphoric acid groups is 1. The van der Waals surface area contributed by atoms with E-state index >= 15 is 0 Å². The van der Waals surface area contributed by atoms with Crippen LogP contribution < -0.4 is 4.89 Å². The molecule has 0 aliphatic rings. The number of phosphoric ester groups is 1. The minimum atomic E-state index is -4.59. The second-order valence-electron chi connectivity index (χ2n) is 11.5. The minimum Gasteiger partial charge on any atom is -0.756 e. The van der Waals surface area contributed by atoms with Gasteiger partial charge in [-0.1, -0.05) is 97.3 Å². The molecule has 0 radical (unpaired) electrons. The van der Waals surface area contributed by atoms with Crippen molar-refractivity contribution in [3.05, 3.63) is 0 Å². The third-order valence-corrected chi connectivity index (χ3v) is 7.34. The molecule has 0 aromatic heterocycles. The minimum absolute atomic E-state index is 0.0277. The van der Waals surface area contributed by atoms with E-state index in [1.54, 1.807) is 0 Å². The molecule has 0 N–H and O–H groups in total. The highest BCUT2D eigenvalue weighted by atomic mass is 31.2. The fraction of sp³-hybridized carbons (Fsp3) is 0.931. The molecule has 0 heterocycles. The van der Waals surface area contributed by atoms with Crippen molar-refractivity contribution in [3.63, 3.8) is 0 Å². The summed E-state index contributed by atoms with van der Waals surface area (Å²) >= 11 is 0. The number of ether oxygens (including phenoxy) is 2. The van der Waals surface area contributed by atoms with Crippen LogP contribution in [-0.2, 0) is 32.7 Å². The standard InChI is InChI=1S/C29H58NO8P/c1-6-8-10-11-12-13-14-15-16-17-18-20-22-29(32)38-27(25-35-28(31)21-19-9-7-2)26-37-39(33,34)36-24-23-30(3,4)5/h27H,6-26H2,1-5H3. The van der Waals surface area contributed by atoms with E-state index in [4.69, 9.17) is 18.5 Å². The monoisotopic (exact) mass is 579 g/mol.